The average molecular weight is 652 g/mol. The molecule has 0 aromatic heterocycles. The Labute approximate surface area is 287 Å². The Morgan fingerprint density at radius 3 is 1.30 bits per heavy atom. The highest BCUT2D eigenvalue weighted by atomic mass is 16.3. The van der Waals surface area contributed by atoms with E-state index in [1.165, 1.54) is 161 Å². The van der Waals surface area contributed by atoms with Gasteiger partial charge in [-0.25, -0.2) is 0 Å². The van der Waals surface area contributed by atoms with E-state index in [4.69, 9.17) is 0 Å². The maximum Gasteiger partial charge on any atom is 0.222 e. The number of aliphatic hydroxyl groups excluding tert-OH is 3. The molecule has 3 atom stereocenters. The Bertz CT molecular complexity index is 640. The van der Waals surface area contributed by atoms with Crippen molar-refractivity contribution in [2.75, 3.05) is 6.61 Å². The highest BCUT2D eigenvalue weighted by Gasteiger charge is 2.21. The normalized spacial score (nSPS) is 13.8. The molecule has 0 saturated heterocycles. The van der Waals surface area contributed by atoms with Crippen LogP contribution >= 0.6 is 0 Å². The number of carbonyl (C=O) groups is 1. The minimum atomic E-state index is -0.756. The Hall–Kier alpha value is -0.910. The van der Waals surface area contributed by atoms with E-state index in [1.54, 1.807) is 0 Å². The first kappa shape index (κ1) is 45.1. The molecule has 0 fully saturated rings. The molecule has 0 heterocycles. The van der Waals surface area contributed by atoms with Gasteiger partial charge in [-0.1, -0.05) is 199 Å². The largest absolute Gasteiger partial charge is 0.394 e. The number of hydrogen-bond donors (Lipinski definition) is 4. The van der Waals surface area contributed by atoms with Crippen LogP contribution in [0, 0.1) is 0 Å². The van der Waals surface area contributed by atoms with Gasteiger partial charge in [0.15, 0.2) is 0 Å². The van der Waals surface area contributed by atoms with Crippen LogP contribution in [0.1, 0.15) is 219 Å². The average Bonchev–Trinajstić information content (AvgIpc) is 3.05. The number of hydrogen-bond acceptors (Lipinski definition) is 4. The van der Waals surface area contributed by atoms with E-state index >= 15 is 0 Å². The topological polar surface area (TPSA) is 89.8 Å². The number of unbranched alkanes of at least 4 members (excludes halogenated alkanes) is 27. The standard InChI is InChI=1S/C41H81NO4/c1-3-5-7-9-11-12-13-14-15-16-17-18-19-20-21-22-23-24-25-26-27-29-31-33-35-40(45)39(37-43)42-41(46)36-38(44)34-32-30-28-10-8-6-4-2/h30,32,38-40,43-45H,3-29,31,33-37H2,1-2H3,(H,42,46)/b32-30-. The smallest absolute Gasteiger partial charge is 0.222 e. The van der Waals surface area contributed by atoms with Gasteiger partial charge in [0.2, 0.25) is 5.91 Å². The van der Waals surface area contributed by atoms with Gasteiger partial charge in [-0.05, 0) is 25.7 Å². The number of amides is 1. The summed E-state index contributed by atoms with van der Waals surface area (Å²) in [5.41, 5.74) is 0. The van der Waals surface area contributed by atoms with Gasteiger partial charge in [-0.3, -0.25) is 4.79 Å². The van der Waals surface area contributed by atoms with E-state index in [-0.39, 0.29) is 18.9 Å². The van der Waals surface area contributed by atoms with Crippen molar-refractivity contribution in [3.05, 3.63) is 12.2 Å². The molecule has 0 rings (SSSR count). The monoisotopic (exact) mass is 652 g/mol. The van der Waals surface area contributed by atoms with Crippen molar-refractivity contribution in [1.29, 1.82) is 0 Å². The molecule has 274 valence electrons. The van der Waals surface area contributed by atoms with E-state index < -0.39 is 18.2 Å². The van der Waals surface area contributed by atoms with Crippen LogP contribution in [0.4, 0.5) is 0 Å². The third-order valence-corrected chi connectivity index (χ3v) is 9.58. The molecule has 0 aromatic carbocycles. The van der Waals surface area contributed by atoms with Gasteiger partial charge in [0, 0.05) is 0 Å². The van der Waals surface area contributed by atoms with Crippen molar-refractivity contribution in [3.63, 3.8) is 0 Å². The first-order chi connectivity index (χ1) is 22.5. The summed E-state index contributed by atoms with van der Waals surface area (Å²) in [6.07, 6.45) is 42.1. The fourth-order valence-electron chi connectivity index (χ4n) is 6.40. The summed E-state index contributed by atoms with van der Waals surface area (Å²) in [4.78, 5) is 12.3. The highest BCUT2D eigenvalue weighted by Crippen LogP contribution is 2.16. The Morgan fingerprint density at radius 2 is 0.913 bits per heavy atom. The molecule has 0 radical (unpaired) electrons. The lowest BCUT2D eigenvalue weighted by Gasteiger charge is -2.23. The summed E-state index contributed by atoms with van der Waals surface area (Å²) < 4.78 is 0. The van der Waals surface area contributed by atoms with Gasteiger partial charge in [0.25, 0.3) is 0 Å². The van der Waals surface area contributed by atoms with E-state index in [2.05, 4.69) is 25.2 Å². The number of nitrogens with one attached hydrogen (secondary N) is 1. The van der Waals surface area contributed by atoms with Crippen molar-refractivity contribution in [2.45, 2.75) is 238 Å². The molecule has 5 nitrogen and oxygen atoms in total. The predicted octanol–water partition coefficient (Wildman–Crippen LogP) is 11.3. The quantitative estimate of drug-likeness (QED) is 0.0397. The highest BCUT2D eigenvalue weighted by molar-refractivity contribution is 5.76. The van der Waals surface area contributed by atoms with Gasteiger partial charge in [-0.15, -0.1) is 0 Å². The molecule has 0 aliphatic rings. The molecule has 46 heavy (non-hydrogen) atoms. The van der Waals surface area contributed by atoms with Crippen molar-refractivity contribution in [1.82, 2.24) is 5.32 Å². The molecular formula is C41H81NO4. The zero-order valence-corrected chi connectivity index (χ0v) is 31.0. The number of allylic oxidation sites excluding steroid dienone is 1. The SMILES string of the molecule is CCCCCC/C=C\CC(O)CC(=O)NC(CO)C(O)CCCCCCCCCCCCCCCCCCCCCCCCCC. The van der Waals surface area contributed by atoms with Gasteiger partial charge < -0.3 is 20.6 Å². The van der Waals surface area contributed by atoms with Crippen molar-refractivity contribution >= 4 is 5.91 Å². The summed E-state index contributed by atoms with van der Waals surface area (Å²) in [5.74, 6) is -0.318. The number of aliphatic hydroxyl groups is 3. The van der Waals surface area contributed by atoms with E-state index in [0.717, 1.165) is 25.7 Å². The Balaban J connectivity index is 3.52. The minimum absolute atomic E-state index is 0.0110. The molecular weight excluding hydrogens is 570 g/mol. The van der Waals surface area contributed by atoms with Crippen molar-refractivity contribution in [2.24, 2.45) is 0 Å². The zero-order valence-electron chi connectivity index (χ0n) is 31.0. The van der Waals surface area contributed by atoms with Crippen LogP contribution < -0.4 is 5.32 Å². The molecule has 0 aliphatic carbocycles. The molecule has 0 bridgehead atoms. The Morgan fingerprint density at radius 1 is 0.543 bits per heavy atom. The van der Waals surface area contributed by atoms with Crippen LogP contribution in [0.3, 0.4) is 0 Å². The van der Waals surface area contributed by atoms with Crippen LogP contribution in [0.5, 0.6) is 0 Å². The van der Waals surface area contributed by atoms with E-state index in [0.29, 0.717) is 12.8 Å². The van der Waals surface area contributed by atoms with Gasteiger partial charge in [0.05, 0.1) is 31.3 Å². The van der Waals surface area contributed by atoms with Gasteiger partial charge >= 0.3 is 0 Å². The third kappa shape index (κ3) is 33.0. The van der Waals surface area contributed by atoms with Crippen LogP contribution in [0.2, 0.25) is 0 Å². The summed E-state index contributed by atoms with van der Waals surface area (Å²) in [7, 11) is 0. The second-order valence-corrected chi connectivity index (χ2v) is 14.3. The maximum absolute atomic E-state index is 12.3. The van der Waals surface area contributed by atoms with E-state index in [1.807, 2.05) is 6.08 Å². The molecule has 0 aromatic rings. The maximum atomic E-state index is 12.3. The molecule has 4 N–H and O–H groups in total. The Kier molecular flexibility index (Phi) is 36.2. The lowest BCUT2D eigenvalue weighted by atomic mass is 10.0. The summed E-state index contributed by atoms with van der Waals surface area (Å²) >= 11 is 0. The summed E-state index contributed by atoms with van der Waals surface area (Å²) in [6.45, 7) is 4.20. The van der Waals surface area contributed by atoms with Crippen LogP contribution in [0.25, 0.3) is 0 Å². The summed E-state index contributed by atoms with van der Waals surface area (Å²) in [5, 5.41) is 33.0. The molecule has 0 saturated carbocycles. The second-order valence-electron chi connectivity index (χ2n) is 14.3. The lowest BCUT2D eigenvalue weighted by Crippen LogP contribution is -2.46. The minimum Gasteiger partial charge on any atom is -0.394 e. The fourth-order valence-corrected chi connectivity index (χ4v) is 6.40. The van der Waals surface area contributed by atoms with Gasteiger partial charge in [0.1, 0.15) is 0 Å². The molecule has 0 aliphatic heterocycles. The van der Waals surface area contributed by atoms with Crippen molar-refractivity contribution in [3.8, 4) is 0 Å². The van der Waals surface area contributed by atoms with E-state index in [9.17, 15) is 20.1 Å². The van der Waals surface area contributed by atoms with Crippen molar-refractivity contribution < 1.29 is 20.1 Å². The lowest BCUT2D eigenvalue weighted by molar-refractivity contribution is -0.125. The fraction of sp³-hybridized carbons (Fsp3) is 0.927. The molecule has 1 amide bonds. The first-order valence-corrected chi connectivity index (χ1v) is 20.5. The second kappa shape index (κ2) is 36.9. The molecule has 0 spiro atoms. The van der Waals surface area contributed by atoms with Gasteiger partial charge in [-0.2, -0.15) is 0 Å². The van der Waals surface area contributed by atoms with Crippen LogP contribution in [0.15, 0.2) is 12.2 Å². The zero-order chi connectivity index (χ0) is 33.8. The molecule has 3 unspecified atom stereocenters. The third-order valence-electron chi connectivity index (χ3n) is 9.58. The number of rotatable bonds is 37. The van der Waals surface area contributed by atoms with Crippen LogP contribution in [-0.2, 0) is 4.79 Å². The molecule has 5 heteroatoms. The summed E-state index contributed by atoms with van der Waals surface area (Å²) in [6, 6.07) is -0.668. The predicted molar refractivity (Wildman–Crippen MR) is 199 cm³/mol. The van der Waals surface area contributed by atoms with Crippen LogP contribution in [-0.4, -0.2) is 46.1 Å². The number of carbonyl (C=O) groups excluding carboxylic acids is 1. The first-order valence-electron chi connectivity index (χ1n) is 20.5.